The maximum atomic E-state index is 13.0. The van der Waals surface area contributed by atoms with Gasteiger partial charge in [0.05, 0.1) is 10.5 Å². The quantitative estimate of drug-likeness (QED) is 0.650. The smallest absolute Gasteiger partial charge is 0.253 e. The normalized spacial score (nSPS) is 18.4. The molecule has 1 N–H and O–H groups in total. The third-order valence-corrected chi connectivity index (χ3v) is 7.63. The van der Waals surface area contributed by atoms with Crippen molar-refractivity contribution in [3.05, 3.63) is 23.8 Å². The Labute approximate surface area is 175 Å². The summed E-state index contributed by atoms with van der Waals surface area (Å²) < 4.78 is 26.3. The summed E-state index contributed by atoms with van der Waals surface area (Å²) in [4.78, 5) is 17.7. The van der Waals surface area contributed by atoms with Gasteiger partial charge in [-0.2, -0.15) is 0 Å². The fourth-order valence-corrected chi connectivity index (χ4v) is 5.01. The van der Waals surface area contributed by atoms with Crippen molar-refractivity contribution >= 4 is 21.6 Å². The molecular weight excluding hydrogens is 388 g/mol. The number of nitrogens with zero attached hydrogens (tertiary/aromatic N) is 3. The van der Waals surface area contributed by atoms with Gasteiger partial charge in [0.25, 0.3) is 5.91 Å². The second-order valence-electron chi connectivity index (χ2n) is 8.17. The molecule has 2 heterocycles. The highest BCUT2D eigenvalue weighted by molar-refractivity contribution is 7.89. The first-order chi connectivity index (χ1) is 13.9. The van der Waals surface area contributed by atoms with Crippen molar-refractivity contribution in [3.8, 4) is 0 Å². The van der Waals surface area contributed by atoms with E-state index in [4.69, 9.17) is 0 Å². The van der Waals surface area contributed by atoms with Crippen molar-refractivity contribution in [2.45, 2.75) is 43.4 Å². The number of hydrogen-bond acceptors (Lipinski definition) is 5. The molecule has 2 fully saturated rings. The molecule has 0 atom stereocenters. The number of anilines is 1. The van der Waals surface area contributed by atoms with Crippen molar-refractivity contribution in [1.82, 2.24) is 14.5 Å². The van der Waals surface area contributed by atoms with Crippen LogP contribution in [0.25, 0.3) is 0 Å². The van der Waals surface area contributed by atoms with Gasteiger partial charge < -0.3 is 15.1 Å². The Morgan fingerprint density at radius 3 is 2.34 bits per heavy atom. The molecule has 29 heavy (non-hydrogen) atoms. The third-order valence-electron chi connectivity index (χ3n) is 5.82. The monoisotopic (exact) mass is 422 g/mol. The van der Waals surface area contributed by atoms with Crippen molar-refractivity contribution in [1.29, 1.82) is 0 Å². The maximum absolute atomic E-state index is 13.0. The largest absolute Gasteiger partial charge is 0.371 e. The highest BCUT2D eigenvalue weighted by Crippen LogP contribution is 2.28. The van der Waals surface area contributed by atoms with Gasteiger partial charge in [0.1, 0.15) is 0 Å². The zero-order valence-electron chi connectivity index (χ0n) is 17.7. The van der Waals surface area contributed by atoms with E-state index in [0.717, 1.165) is 57.7 Å². The predicted octanol–water partition coefficient (Wildman–Crippen LogP) is 2.14. The zero-order chi connectivity index (χ0) is 20.9. The number of amides is 1. The van der Waals surface area contributed by atoms with Gasteiger partial charge >= 0.3 is 0 Å². The average molecular weight is 423 g/mol. The first-order valence-electron chi connectivity index (χ1n) is 10.7. The molecule has 1 amide bonds. The topological polar surface area (TPSA) is 73.0 Å². The van der Waals surface area contributed by atoms with Crippen LogP contribution in [0.2, 0.25) is 0 Å². The molecule has 2 saturated heterocycles. The number of hydrogen-bond donors (Lipinski definition) is 1. The van der Waals surface area contributed by atoms with Crippen LogP contribution in [0.1, 0.15) is 48.9 Å². The van der Waals surface area contributed by atoms with Crippen molar-refractivity contribution in [2.24, 2.45) is 0 Å². The Hall–Kier alpha value is -1.64. The number of carbonyl (C=O) groups excluding carboxylic acids is 1. The highest BCUT2D eigenvalue weighted by atomic mass is 32.2. The van der Waals surface area contributed by atoms with Crippen LogP contribution in [-0.2, 0) is 10.0 Å². The van der Waals surface area contributed by atoms with Crippen LogP contribution in [0.5, 0.6) is 0 Å². The van der Waals surface area contributed by atoms with E-state index in [1.807, 2.05) is 0 Å². The Morgan fingerprint density at radius 1 is 1.03 bits per heavy atom. The molecule has 0 saturated carbocycles. The van der Waals surface area contributed by atoms with Gasteiger partial charge in [-0.3, -0.25) is 4.79 Å². The van der Waals surface area contributed by atoms with Crippen molar-refractivity contribution in [3.63, 3.8) is 0 Å². The second kappa shape index (κ2) is 9.91. The first-order valence-corrected chi connectivity index (χ1v) is 12.2. The summed E-state index contributed by atoms with van der Waals surface area (Å²) in [6.45, 7) is 5.69. The SMILES string of the molecule is CN(C)S(=O)(=O)c1ccc(N2CCCC2)c(C(=O)NCCCN2CCCCC2)c1. The summed E-state index contributed by atoms with van der Waals surface area (Å²) >= 11 is 0. The van der Waals surface area contributed by atoms with E-state index in [2.05, 4.69) is 15.1 Å². The zero-order valence-corrected chi connectivity index (χ0v) is 18.5. The molecule has 1 aromatic rings. The van der Waals surface area contributed by atoms with Gasteiger partial charge in [0.2, 0.25) is 10.0 Å². The summed E-state index contributed by atoms with van der Waals surface area (Å²) in [5.41, 5.74) is 1.28. The highest BCUT2D eigenvalue weighted by Gasteiger charge is 2.24. The lowest BCUT2D eigenvalue weighted by Crippen LogP contribution is -2.34. The molecule has 3 rings (SSSR count). The van der Waals surface area contributed by atoms with Gasteiger partial charge in [-0.25, -0.2) is 12.7 Å². The maximum Gasteiger partial charge on any atom is 0.253 e. The Morgan fingerprint density at radius 2 is 1.69 bits per heavy atom. The lowest BCUT2D eigenvalue weighted by atomic mass is 10.1. The predicted molar refractivity (Wildman–Crippen MR) is 116 cm³/mol. The van der Waals surface area contributed by atoms with E-state index in [0.29, 0.717) is 12.1 Å². The number of rotatable bonds is 8. The van der Waals surface area contributed by atoms with Gasteiger partial charge in [-0.05, 0) is 69.9 Å². The van der Waals surface area contributed by atoms with E-state index in [9.17, 15) is 13.2 Å². The molecule has 1 aromatic carbocycles. The number of benzene rings is 1. The van der Waals surface area contributed by atoms with Crippen LogP contribution in [0.3, 0.4) is 0 Å². The van der Waals surface area contributed by atoms with Crippen LogP contribution < -0.4 is 10.2 Å². The van der Waals surface area contributed by atoms with E-state index in [-0.39, 0.29) is 10.8 Å². The lowest BCUT2D eigenvalue weighted by molar-refractivity contribution is 0.0951. The van der Waals surface area contributed by atoms with Crippen molar-refractivity contribution < 1.29 is 13.2 Å². The second-order valence-corrected chi connectivity index (χ2v) is 10.3. The van der Waals surface area contributed by atoms with E-state index in [1.165, 1.54) is 43.7 Å². The molecule has 0 bridgehead atoms. The van der Waals surface area contributed by atoms with Gasteiger partial charge in [0, 0.05) is 39.4 Å². The minimum atomic E-state index is -3.58. The third kappa shape index (κ3) is 5.49. The van der Waals surface area contributed by atoms with E-state index >= 15 is 0 Å². The molecule has 7 nitrogen and oxygen atoms in total. The molecule has 0 radical (unpaired) electrons. The molecule has 0 aromatic heterocycles. The number of carbonyl (C=O) groups is 1. The number of nitrogens with one attached hydrogen (secondary N) is 1. The molecule has 0 spiro atoms. The Bertz CT molecular complexity index is 798. The molecule has 8 heteroatoms. The minimum absolute atomic E-state index is 0.156. The van der Waals surface area contributed by atoms with Crippen molar-refractivity contribution in [2.75, 3.05) is 58.3 Å². The summed E-state index contributed by atoms with van der Waals surface area (Å²) in [6, 6.07) is 4.92. The Balaban J connectivity index is 1.70. The molecule has 162 valence electrons. The summed E-state index contributed by atoms with van der Waals surface area (Å²) in [5.74, 6) is -0.193. The van der Waals surface area contributed by atoms with E-state index in [1.54, 1.807) is 12.1 Å². The molecule has 0 aliphatic carbocycles. The van der Waals surface area contributed by atoms with Crippen LogP contribution in [0.4, 0.5) is 5.69 Å². The average Bonchev–Trinajstić information content (AvgIpc) is 3.26. The molecular formula is C21H34N4O3S. The molecule has 0 unspecified atom stereocenters. The molecule has 2 aliphatic heterocycles. The Kier molecular flexibility index (Phi) is 7.54. The van der Waals surface area contributed by atoms with Gasteiger partial charge in [-0.15, -0.1) is 0 Å². The fraction of sp³-hybridized carbons (Fsp3) is 0.667. The number of likely N-dealkylation sites (tertiary alicyclic amines) is 1. The number of piperidine rings is 1. The van der Waals surface area contributed by atoms with Crippen LogP contribution in [-0.4, -0.2) is 76.9 Å². The van der Waals surface area contributed by atoms with E-state index < -0.39 is 10.0 Å². The minimum Gasteiger partial charge on any atom is -0.371 e. The summed E-state index contributed by atoms with van der Waals surface area (Å²) in [5, 5.41) is 3.01. The lowest BCUT2D eigenvalue weighted by Gasteiger charge is -2.26. The van der Waals surface area contributed by atoms with Gasteiger partial charge in [-0.1, -0.05) is 6.42 Å². The van der Waals surface area contributed by atoms with Crippen LogP contribution >= 0.6 is 0 Å². The van der Waals surface area contributed by atoms with Crippen LogP contribution in [0, 0.1) is 0 Å². The summed E-state index contributed by atoms with van der Waals surface area (Å²) in [6.07, 6.45) is 6.93. The van der Waals surface area contributed by atoms with Crippen LogP contribution in [0.15, 0.2) is 23.1 Å². The standard InChI is InChI=1S/C21H34N4O3S/c1-23(2)29(27,28)18-9-10-20(25-15-6-7-16-25)19(17-18)21(26)22-11-8-14-24-12-4-3-5-13-24/h9-10,17H,3-8,11-16H2,1-2H3,(H,22,26). The number of sulfonamides is 1. The fourth-order valence-electron chi connectivity index (χ4n) is 4.08. The molecule has 2 aliphatic rings. The van der Waals surface area contributed by atoms with Gasteiger partial charge in [0.15, 0.2) is 0 Å². The first kappa shape index (κ1) is 22.1. The summed E-state index contributed by atoms with van der Waals surface area (Å²) in [7, 11) is -0.577.